The molecule has 0 spiro atoms. The molecule has 0 radical (unpaired) electrons. The number of aldehydes is 1. The summed E-state index contributed by atoms with van der Waals surface area (Å²) in [7, 11) is 0. The minimum atomic E-state index is -0.614. The van der Waals surface area contributed by atoms with Gasteiger partial charge in [0.1, 0.15) is 18.2 Å². The second-order valence-corrected chi connectivity index (χ2v) is 6.85. The molecule has 6 N–H and O–H groups in total. The molecule has 156 valence electrons. The van der Waals surface area contributed by atoms with Crippen molar-refractivity contribution < 1.29 is 13.9 Å². The third-order valence-electron chi connectivity index (χ3n) is 4.89. The second kappa shape index (κ2) is 8.77. The zero-order chi connectivity index (χ0) is 21.8. The third kappa shape index (κ3) is 4.03. The number of aromatic nitrogens is 1. The first kappa shape index (κ1) is 21.0. The Kier molecular flexibility index (Phi) is 6.15. The minimum Gasteiger partial charge on any atom is -0.482 e. The standard InChI is InChI=1S/C22H24FN5O2/c1-3-27-21-13(9-24)6-15(11-29)20(25)17-5-4-16(23)8-18(17)12(2)30-19-7-14(21)10-28-22(19)26/h4-5,7-12H,3,6,24-25H2,1-2H3,(H2,26,28). The highest BCUT2D eigenvalue weighted by atomic mass is 19.1. The molecule has 0 aliphatic carbocycles. The molecule has 2 aromatic rings. The number of aliphatic imine (C=N–C) groups is 1. The lowest BCUT2D eigenvalue weighted by Crippen LogP contribution is -2.16. The van der Waals surface area contributed by atoms with Gasteiger partial charge in [0.05, 0.1) is 5.71 Å². The Bertz CT molecular complexity index is 1080. The summed E-state index contributed by atoms with van der Waals surface area (Å²) in [6, 6.07) is 5.86. The van der Waals surface area contributed by atoms with Gasteiger partial charge in [-0.05, 0) is 49.9 Å². The number of anilines is 1. The molecule has 3 rings (SSSR count). The highest BCUT2D eigenvalue weighted by Gasteiger charge is 2.22. The van der Waals surface area contributed by atoms with E-state index in [-0.39, 0.29) is 17.9 Å². The molecule has 2 bridgehead atoms. The van der Waals surface area contributed by atoms with Crippen molar-refractivity contribution in [2.45, 2.75) is 26.4 Å². The average Bonchev–Trinajstić information content (AvgIpc) is 2.74. The normalized spacial score (nSPS) is 19.6. The van der Waals surface area contributed by atoms with E-state index in [2.05, 4.69) is 9.98 Å². The van der Waals surface area contributed by atoms with Crippen LogP contribution >= 0.6 is 0 Å². The molecule has 7 nitrogen and oxygen atoms in total. The Labute approximate surface area is 174 Å². The number of nitrogens with zero attached hydrogens (tertiary/aromatic N) is 2. The van der Waals surface area contributed by atoms with Crippen LogP contribution in [0, 0.1) is 5.82 Å². The number of hydrogen-bond acceptors (Lipinski definition) is 7. The molecule has 1 unspecified atom stereocenters. The van der Waals surface area contributed by atoms with Gasteiger partial charge in [-0.1, -0.05) is 0 Å². The Hall–Kier alpha value is -3.68. The predicted molar refractivity (Wildman–Crippen MR) is 115 cm³/mol. The second-order valence-electron chi connectivity index (χ2n) is 6.85. The van der Waals surface area contributed by atoms with Gasteiger partial charge in [0.2, 0.25) is 0 Å². The van der Waals surface area contributed by atoms with E-state index < -0.39 is 11.9 Å². The summed E-state index contributed by atoms with van der Waals surface area (Å²) >= 11 is 0. The Balaban J connectivity index is 2.33. The molecule has 8 heteroatoms. The molecule has 0 fully saturated rings. The van der Waals surface area contributed by atoms with Crippen LogP contribution in [0.25, 0.3) is 5.70 Å². The molecular formula is C22H24FN5O2. The van der Waals surface area contributed by atoms with E-state index in [0.717, 1.165) is 0 Å². The summed E-state index contributed by atoms with van der Waals surface area (Å²) in [5, 5.41) is 0. The van der Waals surface area contributed by atoms with Crippen LogP contribution in [0.3, 0.4) is 0 Å². The number of pyridine rings is 1. The molecule has 1 aliphatic heterocycles. The van der Waals surface area contributed by atoms with Gasteiger partial charge in [0.15, 0.2) is 11.6 Å². The maximum atomic E-state index is 14.0. The maximum Gasteiger partial charge on any atom is 0.166 e. The number of nitrogens with two attached hydrogens (primary N) is 3. The number of halogens is 1. The zero-order valence-corrected chi connectivity index (χ0v) is 16.9. The average molecular weight is 409 g/mol. The van der Waals surface area contributed by atoms with Crippen molar-refractivity contribution in [3.63, 3.8) is 0 Å². The van der Waals surface area contributed by atoms with Crippen LogP contribution in [-0.2, 0) is 4.79 Å². The zero-order valence-electron chi connectivity index (χ0n) is 16.9. The highest BCUT2D eigenvalue weighted by molar-refractivity contribution is 6.13. The molecule has 1 atom stereocenters. The first-order valence-corrected chi connectivity index (χ1v) is 9.51. The number of hydrogen-bond donors (Lipinski definition) is 3. The van der Waals surface area contributed by atoms with Gasteiger partial charge in [-0.25, -0.2) is 9.37 Å². The van der Waals surface area contributed by atoms with Gasteiger partial charge in [-0.2, -0.15) is 0 Å². The van der Waals surface area contributed by atoms with E-state index in [9.17, 15) is 9.18 Å². The summed E-state index contributed by atoms with van der Waals surface area (Å²) in [5.74, 6) is 0.0671. The summed E-state index contributed by atoms with van der Waals surface area (Å²) in [6.07, 6.45) is 3.17. The number of allylic oxidation sites excluding steroid dienone is 2. The number of carbonyl (C=O) groups excluding carboxylic acids is 1. The van der Waals surface area contributed by atoms with E-state index in [1.807, 2.05) is 6.92 Å². The Morgan fingerprint density at radius 2 is 2.10 bits per heavy atom. The van der Waals surface area contributed by atoms with Gasteiger partial charge in [0.25, 0.3) is 0 Å². The molecule has 1 aliphatic rings. The lowest BCUT2D eigenvalue weighted by Gasteiger charge is -2.22. The maximum absolute atomic E-state index is 14.0. The topological polar surface area (TPSA) is 130 Å². The number of nitrogen functional groups attached to an aromatic ring is 1. The third-order valence-corrected chi connectivity index (χ3v) is 4.89. The minimum absolute atomic E-state index is 0.149. The number of carbonyl (C=O) groups is 1. The Morgan fingerprint density at radius 3 is 2.77 bits per heavy atom. The van der Waals surface area contributed by atoms with Gasteiger partial charge >= 0.3 is 0 Å². The first-order chi connectivity index (χ1) is 14.4. The summed E-state index contributed by atoms with van der Waals surface area (Å²) in [4.78, 5) is 20.7. The van der Waals surface area contributed by atoms with Crippen LogP contribution in [0.5, 0.6) is 5.75 Å². The molecule has 0 saturated heterocycles. The van der Waals surface area contributed by atoms with Gasteiger partial charge < -0.3 is 21.9 Å². The molecule has 1 aromatic carbocycles. The predicted octanol–water partition coefficient (Wildman–Crippen LogP) is 2.87. The summed E-state index contributed by atoms with van der Waals surface area (Å²) in [6.45, 7) is 4.12. The van der Waals surface area contributed by atoms with Crippen molar-refractivity contribution in [3.05, 3.63) is 70.3 Å². The van der Waals surface area contributed by atoms with Crippen LogP contribution in [0.2, 0.25) is 0 Å². The number of rotatable bonds is 2. The van der Waals surface area contributed by atoms with Gasteiger partial charge in [-0.3, -0.25) is 9.79 Å². The molecule has 1 aromatic heterocycles. The van der Waals surface area contributed by atoms with Crippen molar-refractivity contribution >= 4 is 23.5 Å². The lowest BCUT2D eigenvalue weighted by atomic mass is 9.92. The summed E-state index contributed by atoms with van der Waals surface area (Å²) < 4.78 is 20.0. The van der Waals surface area contributed by atoms with Gasteiger partial charge in [0, 0.05) is 47.1 Å². The van der Waals surface area contributed by atoms with E-state index in [1.165, 1.54) is 24.4 Å². The quantitative estimate of drug-likeness (QED) is 0.654. The largest absolute Gasteiger partial charge is 0.482 e. The summed E-state index contributed by atoms with van der Waals surface area (Å²) in [5.41, 5.74) is 21.6. The smallest absolute Gasteiger partial charge is 0.166 e. The fourth-order valence-corrected chi connectivity index (χ4v) is 3.38. The first-order valence-electron chi connectivity index (χ1n) is 9.51. The van der Waals surface area contributed by atoms with Crippen molar-refractivity contribution in [3.8, 4) is 5.75 Å². The van der Waals surface area contributed by atoms with E-state index in [1.54, 1.807) is 19.2 Å². The number of ether oxygens (including phenoxy) is 1. The number of benzene rings is 1. The van der Waals surface area contributed by atoms with Crippen molar-refractivity contribution in [1.82, 2.24) is 4.98 Å². The fraction of sp³-hybridized carbons (Fsp3) is 0.227. The van der Waals surface area contributed by atoms with E-state index >= 15 is 0 Å². The molecular weight excluding hydrogens is 385 g/mol. The SMILES string of the molecule is CCN=C1C(=CN)CC(C=O)=C(N)c2ccc(F)cc2C(C)Oc2cc1cnc2N. The van der Waals surface area contributed by atoms with E-state index in [0.29, 0.717) is 52.1 Å². The number of fused-ring (bicyclic) bond motifs is 3. The highest BCUT2D eigenvalue weighted by Crippen LogP contribution is 2.33. The van der Waals surface area contributed by atoms with Crippen LogP contribution in [-0.4, -0.2) is 23.5 Å². The Morgan fingerprint density at radius 1 is 1.33 bits per heavy atom. The van der Waals surface area contributed by atoms with Crippen LogP contribution in [0.1, 0.15) is 43.1 Å². The van der Waals surface area contributed by atoms with Crippen LogP contribution in [0.4, 0.5) is 10.2 Å². The lowest BCUT2D eigenvalue weighted by molar-refractivity contribution is -0.104. The van der Waals surface area contributed by atoms with E-state index in [4.69, 9.17) is 21.9 Å². The van der Waals surface area contributed by atoms with Crippen molar-refractivity contribution in [2.24, 2.45) is 16.5 Å². The molecule has 0 saturated carbocycles. The molecule has 2 heterocycles. The van der Waals surface area contributed by atoms with Gasteiger partial charge in [-0.15, -0.1) is 0 Å². The monoisotopic (exact) mass is 409 g/mol. The molecule has 30 heavy (non-hydrogen) atoms. The van der Waals surface area contributed by atoms with Crippen molar-refractivity contribution in [2.75, 3.05) is 12.3 Å². The molecule has 0 amide bonds. The fourth-order valence-electron chi connectivity index (χ4n) is 3.38. The van der Waals surface area contributed by atoms with Crippen molar-refractivity contribution in [1.29, 1.82) is 0 Å². The van der Waals surface area contributed by atoms with Crippen LogP contribution in [0.15, 0.2) is 52.8 Å². The van der Waals surface area contributed by atoms with Crippen LogP contribution < -0.4 is 21.9 Å².